The topological polar surface area (TPSA) is 72.9 Å². The van der Waals surface area contributed by atoms with Crippen molar-refractivity contribution < 1.29 is 6.17 Å². The number of primary amides is 1. The molecule has 5 nitrogen and oxygen atoms in total. The number of benzene rings is 2. The smallest absolute Gasteiger partial charge is 0.250 e. The largest absolute Gasteiger partial charge is 0.366 e. The van der Waals surface area contributed by atoms with Crippen LogP contribution in [0.25, 0.3) is 16.6 Å². The zero-order valence-corrected chi connectivity index (χ0v) is 13.3. The van der Waals surface area contributed by atoms with Crippen LogP contribution in [0.15, 0.2) is 48.6 Å². The molecule has 4 rings (SSSR count). The molecule has 1 saturated heterocycles. The molecule has 0 spiro atoms. The lowest BCUT2D eigenvalue weighted by molar-refractivity contribution is 0.100. The summed E-state index contributed by atoms with van der Waals surface area (Å²) in [5, 5.41) is 8.69. The average Bonchev–Trinajstić information content (AvgIpc) is 3.05. The number of carbonyl (C=O) groups is 1. The van der Waals surface area contributed by atoms with E-state index in [4.69, 9.17) is 7.10 Å². The van der Waals surface area contributed by atoms with Gasteiger partial charge in [0.1, 0.15) is 5.52 Å². The van der Waals surface area contributed by atoms with Crippen molar-refractivity contribution in [2.45, 2.75) is 18.8 Å². The Bertz CT molecular complexity index is 926. The molecule has 1 aliphatic heterocycles. The molecule has 3 N–H and O–H groups in total. The summed E-state index contributed by atoms with van der Waals surface area (Å²) in [6, 6.07) is 11.8. The van der Waals surface area contributed by atoms with Gasteiger partial charge in [-0.05, 0) is 49.1 Å². The molecule has 1 amide bonds. The second-order valence-corrected chi connectivity index (χ2v) is 6.25. The molecule has 5 heteroatoms. The molecule has 3 aromatic rings. The first-order valence-corrected chi connectivity index (χ1v) is 8.23. The van der Waals surface area contributed by atoms with E-state index in [2.05, 4.69) is 22.5 Å². The molecule has 2 aromatic carbocycles. The Morgan fingerprint density at radius 2 is 2.12 bits per heavy atom. The Morgan fingerprint density at radius 1 is 1.29 bits per heavy atom. The van der Waals surface area contributed by atoms with Crippen molar-refractivity contribution in [2.24, 2.45) is 5.73 Å². The van der Waals surface area contributed by atoms with Crippen molar-refractivity contribution in [3.8, 4) is 5.69 Å². The van der Waals surface area contributed by atoms with Gasteiger partial charge in [0.05, 0.1) is 12.6 Å². The predicted molar refractivity (Wildman–Crippen MR) is 94.4 cm³/mol. The maximum atomic E-state index is 11.6. The highest BCUT2D eigenvalue weighted by Gasteiger charge is 2.15. The van der Waals surface area contributed by atoms with Crippen LogP contribution in [0, 0.1) is 0 Å². The van der Waals surface area contributed by atoms with Gasteiger partial charge in [-0.25, -0.2) is 4.68 Å². The summed E-state index contributed by atoms with van der Waals surface area (Å²) in [5.41, 5.74) is 8.49. The molecule has 1 aliphatic rings. The van der Waals surface area contributed by atoms with Gasteiger partial charge in [-0.2, -0.15) is 5.10 Å². The van der Waals surface area contributed by atoms with Gasteiger partial charge in [0.2, 0.25) is 0 Å². The van der Waals surface area contributed by atoms with Crippen LogP contribution < -0.4 is 11.1 Å². The number of carbonyl (C=O) groups excluding carboxylic acids is 1. The molecule has 0 bridgehead atoms. The van der Waals surface area contributed by atoms with Gasteiger partial charge in [-0.3, -0.25) is 4.79 Å². The Hall–Kier alpha value is -2.66. The number of hydrogen-bond donors (Lipinski definition) is 2. The molecule has 1 aromatic heterocycles. The quantitative estimate of drug-likeness (QED) is 0.779. The van der Waals surface area contributed by atoms with Gasteiger partial charge in [0, 0.05) is 18.1 Å². The zero-order chi connectivity index (χ0) is 17.4. The second kappa shape index (κ2) is 6.09. The lowest BCUT2D eigenvalue weighted by Crippen LogP contribution is -2.28. The Kier molecular flexibility index (Phi) is 3.49. The minimum atomic E-state index is -0.565. The second-order valence-electron chi connectivity index (χ2n) is 6.25. The van der Waals surface area contributed by atoms with Gasteiger partial charge in [-0.15, -0.1) is 0 Å². The van der Waals surface area contributed by atoms with Crippen molar-refractivity contribution in [3.05, 3.63) is 59.8 Å². The number of rotatable bonds is 3. The van der Waals surface area contributed by atoms with Gasteiger partial charge in [-0.1, -0.05) is 24.2 Å². The zero-order valence-electron chi connectivity index (χ0n) is 14.3. The van der Waals surface area contributed by atoms with E-state index in [9.17, 15) is 4.79 Å². The fourth-order valence-corrected chi connectivity index (χ4v) is 3.34. The summed E-state index contributed by atoms with van der Waals surface area (Å²) in [6.07, 6.45) is 4.26. The third-order valence-electron chi connectivity index (χ3n) is 4.66. The number of nitrogens with zero attached hydrogens (tertiary/aromatic N) is 2. The lowest BCUT2D eigenvalue weighted by Gasteiger charge is -2.23. The van der Waals surface area contributed by atoms with E-state index in [0.29, 0.717) is 11.4 Å². The summed E-state index contributed by atoms with van der Waals surface area (Å²) < 4.78 is 9.55. The molecule has 1 fully saturated rings. The molecule has 0 aliphatic carbocycles. The fraction of sp³-hybridized carbons (Fsp3) is 0.263. The predicted octanol–water partition coefficient (Wildman–Crippen LogP) is 2.59. The molecular weight excluding hydrogens is 300 g/mol. The van der Waals surface area contributed by atoms with Gasteiger partial charge in [0.25, 0.3) is 5.91 Å². The standard InChI is InChI=1S/C19H20N4O/c20-19(24)17-5-1-3-15-12-23(22-18(15)17)16-8-6-13(7-9-16)14-4-2-10-21-11-14/h1,3,5-9,12,14,21H,2,4,10-11H2,(H2,20,24)/t14-/m0/s1/i1D. The third-order valence-corrected chi connectivity index (χ3v) is 4.66. The SMILES string of the molecule is [2H]c1cc(C(N)=O)c2nn(-c3ccc([C@H]4CCCNC4)cc3)cc2c1. The molecule has 1 atom stereocenters. The number of aromatic nitrogens is 2. The van der Waals surface area contributed by atoms with Crippen LogP contribution >= 0.6 is 0 Å². The Labute approximate surface area is 141 Å². The summed E-state index contributed by atoms with van der Waals surface area (Å²) >= 11 is 0. The first-order valence-electron chi connectivity index (χ1n) is 8.73. The van der Waals surface area contributed by atoms with Gasteiger partial charge in [0.15, 0.2) is 0 Å². The summed E-state index contributed by atoms with van der Waals surface area (Å²) in [7, 11) is 0. The molecule has 2 heterocycles. The van der Waals surface area contributed by atoms with Crippen LogP contribution in [0.4, 0.5) is 0 Å². The highest BCUT2D eigenvalue weighted by molar-refractivity contribution is 6.04. The first-order chi connectivity index (χ1) is 12.1. The molecule has 0 radical (unpaired) electrons. The minimum Gasteiger partial charge on any atom is -0.366 e. The van der Waals surface area contributed by atoms with Crippen molar-refractivity contribution >= 4 is 16.8 Å². The lowest BCUT2D eigenvalue weighted by atomic mass is 9.92. The number of fused-ring (bicyclic) bond motifs is 1. The van der Waals surface area contributed by atoms with E-state index < -0.39 is 5.91 Å². The molecule has 0 unspecified atom stereocenters. The molecule has 0 saturated carbocycles. The highest BCUT2D eigenvalue weighted by Crippen LogP contribution is 2.25. The van der Waals surface area contributed by atoms with Gasteiger partial charge >= 0.3 is 0 Å². The van der Waals surface area contributed by atoms with Crippen molar-refractivity contribution in [2.75, 3.05) is 13.1 Å². The van der Waals surface area contributed by atoms with Crippen LogP contribution in [0.1, 0.15) is 36.1 Å². The molecular formula is C19H20N4O. The minimum absolute atomic E-state index is 0.251. The normalized spacial score (nSPS) is 18.5. The maximum absolute atomic E-state index is 11.6. The third kappa shape index (κ3) is 2.67. The number of piperidine rings is 1. The van der Waals surface area contributed by atoms with E-state index in [1.807, 2.05) is 18.3 Å². The summed E-state index contributed by atoms with van der Waals surface area (Å²) in [4.78, 5) is 11.6. The first kappa shape index (κ1) is 13.7. The Morgan fingerprint density at radius 3 is 2.83 bits per heavy atom. The van der Waals surface area contributed by atoms with Gasteiger partial charge < -0.3 is 11.1 Å². The number of hydrogen-bond acceptors (Lipinski definition) is 3. The summed E-state index contributed by atoms with van der Waals surface area (Å²) in [5.74, 6) is -0.00340. The number of nitrogens with two attached hydrogens (primary N) is 1. The Balaban J connectivity index is 1.69. The van der Waals surface area contributed by atoms with E-state index in [1.54, 1.807) is 10.7 Å². The highest BCUT2D eigenvalue weighted by atomic mass is 16.1. The van der Waals surface area contributed by atoms with Crippen LogP contribution in [-0.4, -0.2) is 28.8 Å². The van der Waals surface area contributed by atoms with Crippen molar-refractivity contribution in [1.82, 2.24) is 15.1 Å². The molecule has 122 valence electrons. The monoisotopic (exact) mass is 321 g/mol. The van der Waals surface area contributed by atoms with E-state index >= 15 is 0 Å². The number of nitrogens with one attached hydrogen (secondary N) is 1. The fourth-order valence-electron chi connectivity index (χ4n) is 3.34. The average molecular weight is 321 g/mol. The van der Waals surface area contributed by atoms with Crippen LogP contribution in [0.2, 0.25) is 0 Å². The summed E-state index contributed by atoms with van der Waals surface area (Å²) in [6.45, 7) is 2.13. The van der Waals surface area contributed by atoms with Crippen LogP contribution in [0.3, 0.4) is 0 Å². The van der Waals surface area contributed by atoms with Crippen molar-refractivity contribution in [3.63, 3.8) is 0 Å². The van der Waals surface area contributed by atoms with E-state index in [1.165, 1.54) is 24.5 Å². The number of amides is 1. The molecule has 24 heavy (non-hydrogen) atoms. The van der Waals surface area contributed by atoms with E-state index in [0.717, 1.165) is 24.2 Å². The van der Waals surface area contributed by atoms with E-state index in [-0.39, 0.29) is 11.6 Å². The van der Waals surface area contributed by atoms with Crippen LogP contribution in [0.5, 0.6) is 0 Å². The maximum Gasteiger partial charge on any atom is 0.250 e. The van der Waals surface area contributed by atoms with Crippen molar-refractivity contribution in [1.29, 1.82) is 0 Å². The van der Waals surface area contributed by atoms with Crippen LogP contribution in [-0.2, 0) is 0 Å².